The molecule has 0 aliphatic heterocycles. The summed E-state index contributed by atoms with van der Waals surface area (Å²) < 4.78 is 30.4. The molecule has 0 saturated carbocycles. The van der Waals surface area contributed by atoms with Crippen molar-refractivity contribution in [2.24, 2.45) is 5.73 Å². The SMILES string of the molecule is CCOC(=O)NS(=O)(=O)N(C)C(C)CC(=N)N. The number of amidine groups is 1. The van der Waals surface area contributed by atoms with Crippen LogP contribution in [0, 0.1) is 5.41 Å². The lowest BCUT2D eigenvalue weighted by molar-refractivity contribution is 0.158. The van der Waals surface area contributed by atoms with Gasteiger partial charge in [0.05, 0.1) is 12.4 Å². The van der Waals surface area contributed by atoms with Crippen molar-refractivity contribution in [2.75, 3.05) is 13.7 Å². The first-order valence-corrected chi connectivity index (χ1v) is 6.40. The molecule has 0 bridgehead atoms. The summed E-state index contributed by atoms with van der Waals surface area (Å²) in [4.78, 5) is 11.0. The van der Waals surface area contributed by atoms with Crippen molar-refractivity contribution < 1.29 is 17.9 Å². The number of ether oxygens (including phenoxy) is 1. The maximum Gasteiger partial charge on any atom is 0.421 e. The Morgan fingerprint density at radius 1 is 1.59 bits per heavy atom. The van der Waals surface area contributed by atoms with E-state index in [4.69, 9.17) is 11.1 Å². The van der Waals surface area contributed by atoms with Gasteiger partial charge in [0.25, 0.3) is 0 Å². The minimum atomic E-state index is -3.97. The van der Waals surface area contributed by atoms with Gasteiger partial charge >= 0.3 is 16.3 Å². The molecule has 0 radical (unpaired) electrons. The van der Waals surface area contributed by atoms with Crippen LogP contribution in [0.2, 0.25) is 0 Å². The summed E-state index contributed by atoms with van der Waals surface area (Å²) in [7, 11) is -2.68. The molecule has 0 aromatic carbocycles. The lowest BCUT2D eigenvalue weighted by atomic mass is 10.2. The number of nitrogens with one attached hydrogen (secondary N) is 2. The van der Waals surface area contributed by atoms with Gasteiger partial charge in [-0.1, -0.05) is 0 Å². The normalized spacial score (nSPS) is 13.2. The zero-order chi connectivity index (χ0) is 13.6. The summed E-state index contributed by atoms with van der Waals surface area (Å²) in [6.07, 6.45) is -0.949. The number of carbonyl (C=O) groups excluding carboxylic acids is 1. The fourth-order valence-electron chi connectivity index (χ4n) is 1.02. The molecule has 17 heavy (non-hydrogen) atoms. The first kappa shape index (κ1) is 15.7. The van der Waals surface area contributed by atoms with E-state index in [2.05, 4.69) is 4.74 Å². The summed E-state index contributed by atoms with van der Waals surface area (Å²) in [5.41, 5.74) is 5.17. The Bertz CT molecular complexity index is 381. The molecule has 0 heterocycles. The monoisotopic (exact) mass is 266 g/mol. The first-order valence-electron chi connectivity index (χ1n) is 4.96. The second-order valence-corrected chi connectivity index (χ2v) is 5.15. The molecule has 1 unspecified atom stereocenters. The molecule has 0 rings (SSSR count). The number of hydrogen-bond donors (Lipinski definition) is 3. The molecule has 0 aromatic rings. The lowest BCUT2D eigenvalue weighted by Crippen LogP contribution is -2.46. The van der Waals surface area contributed by atoms with Crippen molar-refractivity contribution in [1.29, 1.82) is 5.41 Å². The fraction of sp³-hybridized carbons (Fsp3) is 0.750. The Morgan fingerprint density at radius 3 is 2.53 bits per heavy atom. The average Bonchev–Trinajstić information content (AvgIpc) is 2.14. The third-order valence-electron chi connectivity index (χ3n) is 2.00. The van der Waals surface area contributed by atoms with Crippen LogP contribution in [-0.4, -0.2) is 44.3 Å². The third-order valence-corrected chi connectivity index (χ3v) is 3.55. The van der Waals surface area contributed by atoms with Gasteiger partial charge in [-0.15, -0.1) is 0 Å². The van der Waals surface area contributed by atoms with E-state index in [-0.39, 0.29) is 18.9 Å². The zero-order valence-electron chi connectivity index (χ0n) is 10.1. The Labute approximate surface area is 101 Å². The van der Waals surface area contributed by atoms with Crippen LogP contribution in [0.4, 0.5) is 4.79 Å². The summed E-state index contributed by atoms with van der Waals surface area (Å²) in [6, 6.07) is -0.528. The van der Waals surface area contributed by atoms with E-state index in [0.717, 1.165) is 4.31 Å². The molecular weight excluding hydrogens is 248 g/mol. The highest BCUT2D eigenvalue weighted by atomic mass is 32.2. The quantitative estimate of drug-likeness (QED) is 0.446. The summed E-state index contributed by atoms with van der Waals surface area (Å²) in [5, 5.41) is 7.07. The van der Waals surface area contributed by atoms with E-state index in [1.807, 2.05) is 0 Å². The molecule has 1 amide bonds. The van der Waals surface area contributed by atoms with E-state index in [0.29, 0.717) is 0 Å². The molecule has 1 atom stereocenters. The third kappa shape index (κ3) is 5.50. The van der Waals surface area contributed by atoms with Crippen molar-refractivity contribution in [3.8, 4) is 0 Å². The average molecular weight is 266 g/mol. The van der Waals surface area contributed by atoms with E-state index in [9.17, 15) is 13.2 Å². The fourth-order valence-corrected chi connectivity index (χ4v) is 1.98. The number of rotatable bonds is 6. The van der Waals surface area contributed by atoms with E-state index in [1.54, 1.807) is 18.6 Å². The number of carbonyl (C=O) groups is 1. The van der Waals surface area contributed by atoms with Gasteiger partial charge in [-0.3, -0.25) is 5.41 Å². The van der Waals surface area contributed by atoms with Crippen molar-refractivity contribution in [3.05, 3.63) is 0 Å². The highest BCUT2D eigenvalue weighted by molar-refractivity contribution is 7.87. The molecule has 0 spiro atoms. The van der Waals surface area contributed by atoms with Gasteiger partial charge in [-0.25, -0.2) is 9.52 Å². The van der Waals surface area contributed by atoms with Crippen LogP contribution < -0.4 is 10.5 Å². The molecule has 0 aliphatic rings. The predicted octanol–water partition coefficient (Wildman–Crippen LogP) is -0.376. The van der Waals surface area contributed by atoms with E-state index >= 15 is 0 Å². The maximum atomic E-state index is 11.6. The second-order valence-electron chi connectivity index (χ2n) is 3.42. The van der Waals surface area contributed by atoms with Gasteiger partial charge in [0.15, 0.2) is 0 Å². The highest BCUT2D eigenvalue weighted by Crippen LogP contribution is 2.05. The molecule has 4 N–H and O–H groups in total. The van der Waals surface area contributed by atoms with Crippen molar-refractivity contribution >= 4 is 22.1 Å². The van der Waals surface area contributed by atoms with E-state index in [1.165, 1.54) is 7.05 Å². The van der Waals surface area contributed by atoms with Gasteiger partial charge in [0.2, 0.25) is 0 Å². The van der Waals surface area contributed by atoms with Crippen LogP contribution >= 0.6 is 0 Å². The number of hydrogen-bond acceptors (Lipinski definition) is 5. The van der Waals surface area contributed by atoms with Gasteiger partial charge in [-0.2, -0.15) is 12.7 Å². The Balaban J connectivity index is 4.59. The highest BCUT2D eigenvalue weighted by Gasteiger charge is 2.25. The summed E-state index contributed by atoms with van der Waals surface area (Å²) >= 11 is 0. The number of nitrogens with zero attached hydrogens (tertiary/aromatic N) is 1. The molecule has 0 aliphatic carbocycles. The molecule has 9 heteroatoms. The van der Waals surface area contributed by atoms with Gasteiger partial charge < -0.3 is 10.5 Å². The standard InChI is InChI=1S/C8H18N4O4S/c1-4-16-8(13)11-17(14,15)12(3)6(2)5-7(9)10/h6H,4-5H2,1-3H3,(H3,9,10)(H,11,13). The van der Waals surface area contributed by atoms with Crippen molar-refractivity contribution in [3.63, 3.8) is 0 Å². The van der Waals surface area contributed by atoms with Crippen LogP contribution in [-0.2, 0) is 14.9 Å². The van der Waals surface area contributed by atoms with Crippen LogP contribution in [0.1, 0.15) is 20.3 Å². The Kier molecular flexibility index (Phi) is 5.89. The molecule has 0 fully saturated rings. The number of amides is 1. The Hall–Kier alpha value is -1.35. The Morgan fingerprint density at radius 2 is 2.12 bits per heavy atom. The second kappa shape index (κ2) is 6.40. The topological polar surface area (TPSA) is 126 Å². The van der Waals surface area contributed by atoms with Gasteiger partial charge in [-0.05, 0) is 13.8 Å². The van der Waals surface area contributed by atoms with Crippen molar-refractivity contribution in [1.82, 2.24) is 9.03 Å². The lowest BCUT2D eigenvalue weighted by Gasteiger charge is -2.23. The molecule has 8 nitrogen and oxygen atoms in total. The summed E-state index contributed by atoms with van der Waals surface area (Å²) in [6.45, 7) is 3.22. The summed E-state index contributed by atoms with van der Waals surface area (Å²) in [5.74, 6) is -0.129. The minimum absolute atomic E-state index is 0.0774. The molecule has 0 aromatic heterocycles. The van der Waals surface area contributed by atoms with Gasteiger partial charge in [0.1, 0.15) is 0 Å². The largest absolute Gasteiger partial charge is 0.449 e. The van der Waals surface area contributed by atoms with Crippen molar-refractivity contribution in [2.45, 2.75) is 26.3 Å². The molecule has 0 saturated heterocycles. The van der Waals surface area contributed by atoms with Crippen LogP contribution in [0.3, 0.4) is 0 Å². The maximum absolute atomic E-state index is 11.6. The van der Waals surface area contributed by atoms with Crippen LogP contribution in [0.5, 0.6) is 0 Å². The van der Waals surface area contributed by atoms with Crippen LogP contribution in [0.25, 0.3) is 0 Å². The van der Waals surface area contributed by atoms with Gasteiger partial charge in [0, 0.05) is 19.5 Å². The van der Waals surface area contributed by atoms with Crippen LogP contribution in [0.15, 0.2) is 0 Å². The van der Waals surface area contributed by atoms with E-state index < -0.39 is 22.3 Å². The number of nitrogens with two attached hydrogens (primary N) is 1. The predicted molar refractivity (Wildman–Crippen MR) is 62.8 cm³/mol. The minimum Gasteiger partial charge on any atom is -0.449 e. The molecule has 100 valence electrons. The zero-order valence-corrected chi connectivity index (χ0v) is 10.9. The smallest absolute Gasteiger partial charge is 0.421 e. The molecular formula is C8H18N4O4S. The first-order chi connectivity index (χ1) is 7.70.